The number of carbonyl (C=O) groups excluding carboxylic acids is 2. The molecule has 0 aliphatic carbocycles. The van der Waals surface area contributed by atoms with Crippen LogP contribution in [0.5, 0.6) is 5.75 Å². The molecular formula is C25H34N2O3. The zero-order chi connectivity index (χ0) is 22.1. The van der Waals surface area contributed by atoms with Gasteiger partial charge in [-0.3, -0.25) is 9.59 Å². The molecule has 0 spiro atoms. The van der Waals surface area contributed by atoms with Crippen LogP contribution in [0.3, 0.4) is 0 Å². The lowest BCUT2D eigenvalue weighted by molar-refractivity contribution is -0.143. The van der Waals surface area contributed by atoms with Gasteiger partial charge in [0.1, 0.15) is 11.8 Å². The average Bonchev–Trinajstić information content (AvgIpc) is 2.72. The Morgan fingerprint density at radius 2 is 1.70 bits per heavy atom. The fourth-order valence-corrected chi connectivity index (χ4v) is 3.17. The minimum absolute atomic E-state index is 0.106. The molecule has 1 N–H and O–H groups in total. The minimum atomic E-state index is -0.543. The van der Waals surface area contributed by atoms with Crippen molar-refractivity contribution in [1.29, 1.82) is 0 Å². The van der Waals surface area contributed by atoms with Gasteiger partial charge in [-0.1, -0.05) is 68.8 Å². The molecule has 0 saturated heterocycles. The molecule has 0 fully saturated rings. The van der Waals surface area contributed by atoms with E-state index in [0.717, 1.165) is 16.7 Å². The van der Waals surface area contributed by atoms with Gasteiger partial charge in [0.2, 0.25) is 5.91 Å². The van der Waals surface area contributed by atoms with Crippen molar-refractivity contribution in [3.8, 4) is 5.75 Å². The van der Waals surface area contributed by atoms with E-state index < -0.39 is 6.04 Å². The van der Waals surface area contributed by atoms with Gasteiger partial charge in [0.15, 0.2) is 6.61 Å². The molecule has 0 aliphatic rings. The molecule has 0 heterocycles. The largest absolute Gasteiger partial charge is 0.484 e. The van der Waals surface area contributed by atoms with Crippen LogP contribution in [0.1, 0.15) is 43.9 Å². The van der Waals surface area contributed by atoms with Gasteiger partial charge in [-0.05, 0) is 43.4 Å². The normalized spacial score (nSPS) is 11.8. The van der Waals surface area contributed by atoms with E-state index in [1.165, 1.54) is 0 Å². The van der Waals surface area contributed by atoms with Gasteiger partial charge in [0.05, 0.1) is 0 Å². The van der Waals surface area contributed by atoms with Gasteiger partial charge in [0.25, 0.3) is 5.91 Å². The number of amides is 2. The van der Waals surface area contributed by atoms with Gasteiger partial charge in [-0.15, -0.1) is 0 Å². The Labute approximate surface area is 180 Å². The molecule has 0 unspecified atom stereocenters. The summed E-state index contributed by atoms with van der Waals surface area (Å²) in [5, 5.41) is 2.97. The fraction of sp³-hybridized carbons (Fsp3) is 0.440. The van der Waals surface area contributed by atoms with Crippen molar-refractivity contribution in [2.24, 2.45) is 5.92 Å². The Morgan fingerprint density at radius 3 is 2.30 bits per heavy atom. The average molecular weight is 411 g/mol. The van der Waals surface area contributed by atoms with Crippen LogP contribution in [0.4, 0.5) is 0 Å². The summed E-state index contributed by atoms with van der Waals surface area (Å²) in [5.41, 5.74) is 3.11. The van der Waals surface area contributed by atoms with Crippen LogP contribution in [0.2, 0.25) is 0 Å². The quantitative estimate of drug-likeness (QED) is 0.637. The van der Waals surface area contributed by atoms with Crippen LogP contribution in [0.15, 0.2) is 48.5 Å². The Balaban J connectivity index is 2.19. The molecule has 2 aromatic rings. The Hall–Kier alpha value is -2.82. The van der Waals surface area contributed by atoms with Gasteiger partial charge < -0.3 is 15.0 Å². The van der Waals surface area contributed by atoms with Crippen molar-refractivity contribution < 1.29 is 14.3 Å². The van der Waals surface area contributed by atoms with Crippen LogP contribution < -0.4 is 10.1 Å². The lowest BCUT2D eigenvalue weighted by atomic mass is 10.1. The topological polar surface area (TPSA) is 58.6 Å². The number of hydrogen-bond acceptors (Lipinski definition) is 3. The molecule has 2 rings (SSSR count). The molecule has 5 nitrogen and oxygen atoms in total. The summed E-state index contributed by atoms with van der Waals surface area (Å²) in [6.45, 7) is 10.8. The van der Waals surface area contributed by atoms with Crippen molar-refractivity contribution in [2.75, 3.05) is 13.2 Å². The van der Waals surface area contributed by atoms with E-state index in [4.69, 9.17) is 4.74 Å². The Morgan fingerprint density at radius 1 is 1.03 bits per heavy atom. The van der Waals surface area contributed by atoms with Crippen molar-refractivity contribution in [3.63, 3.8) is 0 Å². The van der Waals surface area contributed by atoms with Crippen molar-refractivity contribution in [2.45, 2.75) is 53.6 Å². The van der Waals surface area contributed by atoms with Crippen molar-refractivity contribution in [1.82, 2.24) is 10.2 Å². The van der Waals surface area contributed by atoms with Crippen LogP contribution in [-0.4, -0.2) is 35.9 Å². The fourth-order valence-electron chi connectivity index (χ4n) is 3.17. The zero-order valence-corrected chi connectivity index (χ0v) is 18.8. The Kier molecular flexibility index (Phi) is 8.90. The van der Waals surface area contributed by atoms with Crippen LogP contribution >= 0.6 is 0 Å². The van der Waals surface area contributed by atoms with Gasteiger partial charge in [0, 0.05) is 13.1 Å². The highest BCUT2D eigenvalue weighted by atomic mass is 16.5. The minimum Gasteiger partial charge on any atom is -0.484 e. The number of hydrogen-bond donors (Lipinski definition) is 1. The summed E-state index contributed by atoms with van der Waals surface area (Å²) in [4.78, 5) is 27.7. The zero-order valence-electron chi connectivity index (χ0n) is 18.8. The highest BCUT2D eigenvalue weighted by Crippen LogP contribution is 2.18. The van der Waals surface area contributed by atoms with Crippen LogP contribution in [-0.2, 0) is 16.1 Å². The molecule has 2 amide bonds. The number of carbonyl (C=O) groups is 2. The molecule has 0 aliphatic heterocycles. The van der Waals surface area contributed by atoms with E-state index in [2.05, 4.69) is 5.32 Å². The van der Waals surface area contributed by atoms with E-state index in [0.29, 0.717) is 31.2 Å². The van der Waals surface area contributed by atoms with E-state index in [1.54, 1.807) is 4.90 Å². The number of nitrogens with zero attached hydrogens (tertiary/aromatic N) is 1. The maximum absolute atomic E-state index is 13.2. The molecule has 162 valence electrons. The van der Waals surface area contributed by atoms with E-state index in [-0.39, 0.29) is 18.4 Å². The third kappa shape index (κ3) is 6.90. The summed E-state index contributed by atoms with van der Waals surface area (Å²) >= 11 is 0. The van der Waals surface area contributed by atoms with Gasteiger partial charge in [-0.25, -0.2) is 0 Å². The first-order chi connectivity index (χ1) is 14.3. The monoisotopic (exact) mass is 410 g/mol. The lowest BCUT2D eigenvalue weighted by Crippen LogP contribution is -2.50. The third-order valence-corrected chi connectivity index (χ3v) is 4.99. The Bertz CT molecular complexity index is 831. The maximum atomic E-state index is 13.2. The second kappa shape index (κ2) is 11.4. The molecule has 2 aromatic carbocycles. The summed E-state index contributed by atoms with van der Waals surface area (Å²) in [6.07, 6.45) is 0.534. The molecule has 5 heteroatoms. The number of aryl methyl sites for hydroxylation is 2. The number of nitrogens with one attached hydrogen (secondary N) is 1. The number of rotatable bonds is 10. The first kappa shape index (κ1) is 23.5. The van der Waals surface area contributed by atoms with Crippen LogP contribution in [0.25, 0.3) is 0 Å². The second-order valence-electron chi connectivity index (χ2n) is 8.12. The summed E-state index contributed by atoms with van der Waals surface area (Å²) in [6, 6.07) is 15.1. The standard InChI is InChI=1S/C25H34N2O3/c1-6-22(25(29)26-15-18(2)3)27(16-21-13-11-19(4)12-14-21)24(28)17-30-23-10-8-7-9-20(23)5/h7-14,18,22H,6,15-17H2,1-5H3,(H,26,29)/t22-/m0/s1. The summed E-state index contributed by atoms with van der Waals surface area (Å²) < 4.78 is 5.79. The number of benzene rings is 2. The maximum Gasteiger partial charge on any atom is 0.261 e. The lowest BCUT2D eigenvalue weighted by Gasteiger charge is -2.31. The molecule has 1 atom stereocenters. The third-order valence-electron chi connectivity index (χ3n) is 4.99. The highest BCUT2D eigenvalue weighted by molar-refractivity contribution is 5.88. The molecule has 0 bridgehead atoms. The predicted octanol–water partition coefficient (Wildman–Crippen LogP) is 4.26. The molecule has 0 saturated carbocycles. The first-order valence-electron chi connectivity index (χ1n) is 10.6. The van der Waals surface area contributed by atoms with E-state index >= 15 is 0 Å². The van der Waals surface area contributed by atoms with Crippen molar-refractivity contribution >= 4 is 11.8 Å². The molecule has 0 radical (unpaired) electrons. The molecular weight excluding hydrogens is 376 g/mol. The van der Waals surface area contributed by atoms with Crippen molar-refractivity contribution in [3.05, 3.63) is 65.2 Å². The molecule has 30 heavy (non-hydrogen) atoms. The van der Waals surface area contributed by atoms with E-state index in [9.17, 15) is 9.59 Å². The smallest absolute Gasteiger partial charge is 0.261 e. The van der Waals surface area contributed by atoms with Gasteiger partial charge in [-0.2, -0.15) is 0 Å². The highest BCUT2D eigenvalue weighted by Gasteiger charge is 2.29. The SMILES string of the molecule is CC[C@@H](C(=O)NCC(C)C)N(Cc1ccc(C)cc1)C(=O)COc1ccccc1C. The summed E-state index contributed by atoms with van der Waals surface area (Å²) in [5.74, 6) is 0.698. The van der Waals surface area contributed by atoms with Crippen LogP contribution in [0, 0.1) is 19.8 Å². The predicted molar refractivity (Wildman–Crippen MR) is 120 cm³/mol. The number of para-hydroxylation sites is 1. The van der Waals surface area contributed by atoms with Gasteiger partial charge >= 0.3 is 0 Å². The van der Waals surface area contributed by atoms with E-state index in [1.807, 2.05) is 83.1 Å². The second-order valence-corrected chi connectivity index (χ2v) is 8.12. The first-order valence-corrected chi connectivity index (χ1v) is 10.6. The summed E-state index contributed by atoms with van der Waals surface area (Å²) in [7, 11) is 0. The number of ether oxygens (including phenoxy) is 1. The molecule has 0 aromatic heterocycles.